The smallest absolute Gasteiger partial charge is 0.322 e. The fourth-order valence-electron chi connectivity index (χ4n) is 3.12. The average Bonchev–Trinajstić information content (AvgIpc) is 3.10. The number of nitrogens with zero attached hydrogens (tertiary/aromatic N) is 4. The number of rotatable bonds is 7. The van der Waals surface area contributed by atoms with Gasteiger partial charge in [-0.05, 0) is 30.2 Å². The van der Waals surface area contributed by atoms with Crippen LogP contribution in [0.15, 0.2) is 65.2 Å². The molecule has 1 aliphatic heterocycles. The van der Waals surface area contributed by atoms with Gasteiger partial charge in [-0.3, -0.25) is 4.90 Å². The molecular weight excluding hydrogens is 343 g/mol. The molecule has 2 heterocycles. The van der Waals surface area contributed by atoms with Crippen molar-refractivity contribution in [1.29, 1.82) is 0 Å². The number of anilines is 1. The minimum absolute atomic E-state index is 0.257. The van der Waals surface area contributed by atoms with Gasteiger partial charge in [-0.25, -0.2) is 4.39 Å². The monoisotopic (exact) mass is 368 g/mol. The van der Waals surface area contributed by atoms with E-state index in [1.807, 2.05) is 19.1 Å². The van der Waals surface area contributed by atoms with E-state index in [0.717, 1.165) is 43.9 Å². The standard InChI is InChI=1S/C21H25FN4O/c1-4-17(12-16(2)3)15-25-8-10-26(11-9-25)21-23-20(24-27-21)14-18-6-5-7-19(22)13-18/h4-7,12-13H,1-2,8-11,14-15H2,3H3/b17-12+. The predicted molar refractivity (Wildman–Crippen MR) is 105 cm³/mol. The molecule has 1 aromatic carbocycles. The van der Waals surface area contributed by atoms with Crippen molar-refractivity contribution in [2.75, 3.05) is 37.6 Å². The van der Waals surface area contributed by atoms with Crippen LogP contribution in [-0.2, 0) is 6.42 Å². The second-order valence-electron chi connectivity index (χ2n) is 6.83. The molecule has 0 aliphatic carbocycles. The molecule has 142 valence electrons. The first-order chi connectivity index (χ1) is 13.0. The van der Waals surface area contributed by atoms with E-state index in [2.05, 4.69) is 39.2 Å². The van der Waals surface area contributed by atoms with Gasteiger partial charge in [0.05, 0.1) is 0 Å². The third-order valence-corrected chi connectivity index (χ3v) is 4.45. The number of halogens is 1. The van der Waals surface area contributed by atoms with E-state index < -0.39 is 0 Å². The Morgan fingerprint density at radius 2 is 2.07 bits per heavy atom. The molecule has 0 unspecified atom stereocenters. The summed E-state index contributed by atoms with van der Waals surface area (Å²) in [7, 11) is 0. The van der Waals surface area contributed by atoms with Gasteiger partial charge >= 0.3 is 6.01 Å². The number of hydrogen-bond donors (Lipinski definition) is 0. The van der Waals surface area contributed by atoms with Crippen LogP contribution in [0.5, 0.6) is 0 Å². The zero-order valence-electron chi connectivity index (χ0n) is 15.7. The van der Waals surface area contributed by atoms with Crippen LogP contribution in [0.2, 0.25) is 0 Å². The van der Waals surface area contributed by atoms with E-state index in [1.165, 1.54) is 17.7 Å². The molecule has 0 atom stereocenters. The summed E-state index contributed by atoms with van der Waals surface area (Å²) in [6.07, 6.45) is 4.41. The Morgan fingerprint density at radius 1 is 1.30 bits per heavy atom. The third kappa shape index (κ3) is 5.37. The van der Waals surface area contributed by atoms with Crippen molar-refractivity contribution >= 4 is 6.01 Å². The predicted octanol–water partition coefficient (Wildman–Crippen LogP) is 3.61. The molecule has 2 aromatic rings. The number of piperazine rings is 1. The first kappa shape index (κ1) is 19.0. The van der Waals surface area contributed by atoms with Crippen LogP contribution in [0.4, 0.5) is 10.4 Å². The van der Waals surface area contributed by atoms with E-state index in [4.69, 9.17) is 4.52 Å². The SMILES string of the molecule is C=C/C(=C\C(=C)C)CN1CCN(c2nc(Cc3cccc(F)c3)no2)CC1. The second-order valence-corrected chi connectivity index (χ2v) is 6.83. The number of aromatic nitrogens is 2. The molecule has 0 spiro atoms. The van der Waals surface area contributed by atoms with Gasteiger partial charge < -0.3 is 9.42 Å². The zero-order chi connectivity index (χ0) is 19.2. The van der Waals surface area contributed by atoms with E-state index in [0.29, 0.717) is 18.3 Å². The Labute approximate surface area is 159 Å². The average molecular weight is 368 g/mol. The van der Waals surface area contributed by atoms with E-state index in [1.54, 1.807) is 6.07 Å². The molecule has 0 saturated carbocycles. The summed E-state index contributed by atoms with van der Waals surface area (Å²) in [5.74, 6) is 0.309. The Balaban J connectivity index is 1.55. The summed E-state index contributed by atoms with van der Waals surface area (Å²) in [6, 6.07) is 6.99. The summed E-state index contributed by atoms with van der Waals surface area (Å²) in [4.78, 5) is 8.93. The highest BCUT2D eigenvalue weighted by Gasteiger charge is 2.21. The van der Waals surface area contributed by atoms with Gasteiger partial charge in [-0.2, -0.15) is 4.98 Å². The summed E-state index contributed by atoms with van der Waals surface area (Å²) >= 11 is 0. The van der Waals surface area contributed by atoms with Crippen LogP contribution in [0.3, 0.4) is 0 Å². The van der Waals surface area contributed by atoms with Gasteiger partial charge in [0.25, 0.3) is 0 Å². The highest BCUT2D eigenvalue weighted by molar-refractivity contribution is 5.30. The number of benzene rings is 1. The Bertz CT molecular complexity index is 834. The van der Waals surface area contributed by atoms with Crippen molar-refractivity contribution in [3.63, 3.8) is 0 Å². The van der Waals surface area contributed by atoms with Gasteiger partial charge in [0.2, 0.25) is 0 Å². The molecule has 27 heavy (non-hydrogen) atoms. The van der Waals surface area contributed by atoms with E-state index in [-0.39, 0.29) is 5.82 Å². The van der Waals surface area contributed by atoms with Gasteiger partial charge in [-0.1, -0.05) is 48.2 Å². The van der Waals surface area contributed by atoms with Crippen molar-refractivity contribution in [3.05, 3.63) is 77.9 Å². The first-order valence-corrected chi connectivity index (χ1v) is 9.06. The fourth-order valence-corrected chi connectivity index (χ4v) is 3.12. The lowest BCUT2D eigenvalue weighted by atomic mass is 10.1. The minimum Gasteiger partial charge on any atom is -0.322 e. The van der Waals surface area contributed by atoms with Crippen molar-refractivity contribution in [2.24, 2.45) is 0 Å². The van der Waals surface area contributed by atoms with Crippen LogP contribution < -0.4 is 4.90 Å². The molecule has 1 fully saturated rings. The van der Waals surface area contributed by atoms with Crippen LogP contribution >= 0.6 is 0 Å². The quantitative estimate of drug-likeness (QED) is 0.699. The highest BCUT2D eigenvalue weighted by Crippen LogP contribution is 2.17. The molecule has 1 aliphatic rings. The Kier molecular flexibility index (Phi) is 6.19. The van der Waals surface area contributed by atoms with Crippen molar-refractivity contribution in [1.82, 2.24) is 15.0 Å². The summed E-state index contributed by atoms with van der Waals surface area (Å²) in [5.41, 5.74) is 3.03. The first-order valence-electron chi connectivity index (χ1n) is 9.06. The molecule has 0 radical (unpaired) electrons. The topological polar surface area (TPSA) is 45.4 Å². The number of allylic oxidation sites excluding steroid dienone is 2. The molecule has 1 aromatic heterocycles. The maximum atomic E-state index is 13.3. The molecule has 0 bridgehead atoms. The van der Waals surface area contributed by atoms with Gasteiger partial charge in [0.15, 0.2) is 5.82 Å². The molecule has 3 rings (SSSR count). The maximum Gasteiger partial charge on any atom is 0.324 e. The third-order valence-electron chi connectivity index (χ3n) is 4.45. The lowest BCUT2D eigenvalue weighted by Crippen LogP contribution is -2.47. The summed E-state index contributed by atoms with van der Waals surface area (Å²) in [5, 5.41) is 4.03. The Hall–Kier alpha value is -2.73. The lowest BCUT2D eigenvalue weighted by molar-refractivity contribution is 0.270. The fraction of sp³-hybridized carbons (Fsp3) is 0.333. The van der Waals surface area contributed by atoms with Crippen molar-refractivity contribution in [2.45, 2.75) is 13.3 Å². The van der Waals surface area contributed by atoms with Crippen molar-refractivity contribution in [3.8, 4) is 0 Å². The molecule has 6 heteroatoms. The summed E-state index contributed by atoms with van der Waals surface area (Å²) in [6.45, 7) is 14.1. The second kappa shape index (κ2) is 8.77. The maximum absolute atomic E-state index is 13.3. The van der Waals surface area contributed by atoms with Crippen molar-refractivity contribution < 1.29 is 8.91 Å². The molecular formula is C21H25FN4O. The highest BCUT2D eigenvalue weighted by atomic mass is 19.1. The Morgan fingerprint density at radius 3 is 2.74 bits per heavy atom. The van der Waals surface area contributed by atoms with Gasteiger partial charge in [-0.15, -0.1) is 0 Å². The van der Waals surface area contributed by atoms with Crippen LogP contribution in [0, 0.1) is 5.82 Å². The molecule has 0 amide bonds. The van der Waals surface area contributed by atoms with Crippen LogP contribution in [0.1, 0.15) is 18.3 Å². The molecule has 1 saturated heterocycles. The van der Waals surface area contributed by atoms with E-state index >= 15 is 0 Å². The molecule has 5 nitrogen and oxygen atoms in total. The van der Waals surface area contributed by atoms with Gasteiger partial charge in [0, 0.05) is 39.1 Å². The minimum atomic E-state index is -0.257. The molecule has 0 N–H and O–H groups in total. The van der Waals surface area contributed by atoms with Crippen LogP contribution in [0.25, 0.3) is 0 Å². The van der Waals surface area contributed by atoms with Crippen LogP contribution in [-0.4, -0.2) is 47.8 Å². The van der Waals surface area contributed by atoms with Gasteiger partial charge in [0.1, 0.15) is 5.82 Å². The van der Waals surface area contributed by atoms with E-state index in [9.17, 15) is 4.39 Å². The lowest BCUT2D eigenvalue weighted by Gasteiger charge is -2.33. The zero-order valence-corrected chi connectivity index (χ0v) is 15.7. The number of hydrogen-bond acceptors (Lipinski definition) is 5. The largest absolute Gasteiger partial charge is 0.324 e. The summed E-state index contributed by atoms with van der Waals surface area (Å²) < 4.78 is 18.7. The normalized spacial score (nSPS) is 15.8.